The zero-order chi connectivity index (χ0) is 15.0. The third-order valence-corrected chi connectivity index (χ3v) is 3.74. The molecule has 0 atom stereocenters. The smallest absolute Gasteiger partial charge is 0.267 e. The zero-order valence-corrected chi connectivity index (χ0v) is 11.3. The molecule has 8 heteroatoms. The van der Waals surface area contributed by atoms with Crippen LogP contribution in [0.2, 0.25) is 0 Å². The molecule has 1 aromatic heterocycles. The van der Waals surface area contributed by atoms with Gasteiger partial charge in [-0.3, -0.25) is 24.1 Å². The second-order valence-corrected chi connectivity index (χ2v) is 5.13. The maximum Gasteiger partial charge on any atom is 0.267 e. The minimum Gasteiger partial charge on any atom is -0.337 e. The summed E-state index contributed by atoms with van der Waals surface area (Å²) in [6.45, 7) is 0.532. The first-order valence-corrected chi connectivity index (χ1v) is 6.71. The second kappa shape index (κ2) is 5.12. The molecular weight excluding hydrogens is 276 g/mol. The van der Waals surface area contributed by atoms with Crippen molar-refractivity contribution in [3.8, 4) is 0 Å². The van der Waals surface area contributed by atoms with Crippen molar-refractivity contribution in [2.45, 2.75) is 25.4 Å². The van der Waals surface area contributed by atoms with E-state index in [0.29, 0.717) is 13.1 Å². The Bertz CT molecular complexity index is 646. The van der Waals surface area contributed by atoms with E-state index in [-0.39, 0.29) is 48.7 Å². The van der Waals surface area contributed by atoms with E-state index in [0.717, 1.165) is 4.68 Å². The van der Waals surface area contributed by atoms with E-state index in [1.54, 1.807) is 0 Å². The first-order valence-electron chi connectivity index (χ1n) is 6.71. The summed E-state index contributed by atoms with van der Waals surface area (Å²) in [5, 5.41) is 3.82. The van der Waals surface area contributed by atoms with Crippen LogP contribution in [0, 0.1) is 0 Å². The lowest BCUT2D eigenvalue weighted by Crippen LogP contribution is -2.62. The number of hydrogen-bond acceptors (Lipinski definition) is 5. The molecule has 110 valence electrons. The van der Waals surface area contributed by atoms with Gasteiger partial charge < -0.3 is 4.90 Å². The average Bonchev–Trinajstić information content (AvgIpc) is 2.72. The van der Waals surface area contributed by atoms with Gasteiger partial charge in [0, 0.05) is 38.2 Å². The van der Waals surface area contributed by atoms with Crippen LogP contribution in [0.3, 0.4) is 0 Å². The van der Waals surface area contributed by atoms with Gasteiger partial charge in [0.2, 0.25) is 17.7 Å². The topological polar surface area (TPSA) is 92.6 Å². The van der Waals surface area contributed by atoms with E-state index < -0.39 is 0 Å². The zero-order valence-electron chi connectivity index (χ0n) is 11.3. The molecule has 3 amide bonds. The number of amides is 3. The molecule has 2 saturated heterocycles. The van der Waals surface area contributed by atoms with Gasteiger partial charge in [-0.15, -0.1) is 0 Å². The maximum absolute atomic E-state index is 12.0. The highest BCUT2D eigenvalue weighted by Crippen LogP contribution is 2.22. The molecule has 0 unspecified atom stereocenters. The Morgan fingerprint density at radius 3 is 2.48 bits per heavy atom. The molecule has 0 saturated carbocycles. The van der Waals surface area contributed by atoms with Gasteiger partial charge in [-0.1, -0.05) is 0 Å². The fourth-order valence-corrected chi connectivity index (χ4v) is 2.56. The molecule has 3 rings (SSSR count). The highest BCUT2D eigenvalue weighted by Gasteiger charge is 2.42. The molecule has 0 aliphatic carbocycles. The Morgan fingerprint density at radius 2 is 1.86 bits per heavy atom. The number of rotatable bonds is 3. The highest BCUT2D eigenvalue weighted by molar-refractivity contribution is 6.02. The summed E-state index contributed by atoms with van der Waals surface area (Å²) in [4.78, 5) is 49.4. The average molecular weight is 290 g/mol. The van der Waals surface area contributed by atoms with Crippen molar-refractivity contribution in [3.05, 3.63) is 28.7 Å². The number of nitrogens with zero attached hydrogens (tertiary/aromatic N) is 4. The van der Waals surface area contributed by atoms with Crippen molar-refractivity contribution in [3.63, 3.8) is 0 Å². The first-order chi connectivity index (χ1) is 10.1. The molecule has 21 heavy (non-hydrogen) atoms. The van der Waals surface area contributed by atoms with Crippen LogP contribution in [0.4, 0.5) is 0 Å². The van der Waals surface area contributed by atoms with E-state index in [9.17, 15) is 19.2 Å². The Hall–Kier alpha value is -2.51. The van der Waals surface area contributed by atoms with Crippen LogP contribution in [0.5, 0.6) is 0 Å². The molecule has 2 aliphatic rings. The Balaban J connectivity index is 1.58. The number of likely N-dealkylation sites (tertiary alicyclic amines) is 2. The third-order valence-electron chi connectivity index (χ3n) is 3.74. The normalized spacial score (nSPS) is 19.0. The highest BCUT2D eigenvalue weighted by atomic mass is 16.2. The number of carbonyl (C=O) groups excluding carboxylic acids is 3. The SMILES string of the molecule is O=C(Cn1ncccc1=O)N1CC(N2C(=O)CCC2=O)C1. The van der Waals surface area contributed by atoms with Gasteiger partial charge in [0.15, 0.2) is 0 Å². The Kier molecular flexibility index (Phi) is 3.28. The molecule has 1 aromatic rings. The Labute approximate surface area is 119 Å². The monoisotopic (exact) mass is 290 g/mol. The van der Waals surface area contributed by atoms with Crippen molar-refractivity contribution in [1.82, 2.24) is 19.6 Å². The van der Waals surface area contributed by atoms with Gasteiger partial charge in [-0.05, 0) is 6.07 Å². The number of aromatic nitrogens is 2. The van der Waals surface area contributed by atoms with E-state index in [2.05, 4.69) is 5.10 Å². The molecule has 3 heterocycles. The summed E-state index contributed by atoms with van der Waals surface area (Å²) in [5.74, 6) is -0.581. The molecule has 0 spiro atoms. The van der Waals surface area contributed by atoms with Gasteiger partial charge >= 0.3 is 0 Å². The van der Waals surface area contributed by atoms with Gasteiger partial charge in [-0.2, -0.15) is 5.10 Å². The molecule has 2 fully saturated rings. The van der Waals surface area contributed by atoms with Crippen LogP contribution in [0.15, 0.2) is 23.1 Å². The predicted molar refractivity (Wildman–Crippen MR) is 70.0 cm³/mol. The van der Waals surface area contributed by atoms with E-state index in [4.69, 9.17) is 0 Å². The van der Waals surface area contributed by atoms with Crippen LogP contribution in [0.25, 0.3) is 0 Å². The number of imide groups is 1. The van der Waals surface area contributed by atoms with Gasteiger partial charge in [0.25, 0.3) is 5.56 Å². The molecule has 0 N–H and O–H groups in total. The van der Waals surface area contributed by atoms with Crippen molar-refractivity contribution in [1.29, 1.82) is 0 Å². The minimum absolute atomic E-state index is 0.131. The molecule has 2 aliphatic heterocycles. The van der Waals surface area contributed by atoms with Gasteiger partial charge in [0.05, 0.1) is 6.04 Å². The maximum atomic E-state index is 12.0. The molecule has 0 radical (unpaired) electrons. The molecule has 0 bridgehead atoms. The van der Waals surface area contributed by atoms with Crippen molar-refractivity contribution >= 4 is 17.7 Å². The third kappa shape index (κ3) is 2.44. The molecule has 0 aromatic carbocycles. The van der Waals surface area contributed by atoms with E-state index in [1.165, 1.54) is 28.1 Å². The van der Waals surface area contributed by atoms with E-state index >= 15 is 0 Å². The van der Waals surface area contributed by atoms with Crippen LogP contribution in [0.1, 0.15) is 12.8 Å². The number of carbonyl (C=O) groups is 3. The van der Waals surface area contributed by atoms with Crippen molar-refractivity contribution in [2.24, 2.45) is 0 Å². The van der Waals surface area contributed by atoms with Crippen LogP contribution >= 0.6 is 0 Å². The van der Waals surface area contributed by atoms with Crippen molar-refractivity contribution < 1.29 is 14.4 Å². The predicted octanol–water partition coefficient (Wildman–Crippen LogP) is -1.40. The lowest BCUT2D eigenvalue weighted by molar-refractivity contribution is -0.152. The van der Waals surface area contributed by atoms with Gasteiger partial charge in [0.1, 0.15) is 6.54 Å². The van der Waals surface area contributed by atoms with Crippen LogP contribution < -0.4 is 5.56 Å². The summed E-state index contributed by atoms with van der Waals surface area (Å²) >= 11 is 0. The fourth-order valence-electron chi connectivity index (χ4n) is 2.56. The molecular formula is C13H14N4O4. The van der Waals surface area contributed by atoms with Crippen molar-refractivity contribution in [2.75, 3.05) is 13.1 Å². The summed E-state index contributed by atoms with van der Waals surface area (Å²) in [5.41, 5.74) is -0.340. The van der Waals surface area contributed by atoms with E-state index in [1.807, 2.05) is 0 Å². The quantitative estimate of drug-likeness (QED) is 0.639. The molecule has 8 nitrogen and oxygen atoms in total. The lowest BCUT2D eigenvalue weighted by atomic mass is 10.1. The number of hydrogen-bond donors (Lipinski definition) is 0. The lowest BCUT2D eigenvalue weighted by Gasteiger charge is -2.42. The summed E-state index contributed by atoms with van der Waals surface area (Å²) in [6, 6.07) is 2.62. The summed E-state index contributed by atoms with van der Waals surface area (Å²) in [7, 11) is 0. The Morgan fingerprint density at radius 1 is 1.19 bits per heavy atom. The summed E-state index contributed by atoms with van der Waals surface area (Å²) in [6.07, 6.45) is 1.95. The van der Waals surface area contributed by atoms with Gasteiger partial charge in [-0.25, -0.2) is 4.68 Å². The largest absolute Gasteiger partial charge is 0.337 e. The summed E-state index contributed by atoms with van der Waals surface area (Å²) < 4.78 is 1.09. The standard InChI is InChI=1S/C13H14N4O4/c18-10-2-1-5-14-16(10)8-13(21)15-6-9(7-15)17-11(19)3-4-12(17)20/h1-2,5,9H,3-4,6-8H2. The fraction of sp³-hybridized carbons (Fsp3) is 0.462. The second-order valence-electron chi connectivity index (χ2n) is 5.13. The first kappa shape index (κ1) is 13.5. The minimum atomic E-state index is -0.340. The van der Waals surface area contributed by atoms with Crippen LogP contribution in [-0.2, 0) is 20.9 Å². The van der Waals surface area contributed by atoms with Crippen LogP contribution in [-0.4, -0.2) is 56.4 Å².